The second-order valence-electron chi connectivity index (χ2n) is 10.5. The van der Waals surface area contributed by atoms with Crippen LogP contribution in [0.2, 0.25) is 0 Å². The van der Waals surface area contributed by atoms with E-state index >= 15 is 0 Å². The molecule has 0 radical (unpaired) electrons. The zero-order valence-electron chi connectivity index (χ0n) is 17.1. The van der Waals surface area contributed by atoms with Crippen LogP contribution in [-0.2, 0) is 28.5 Å². The number of carbonyl (C=O) groups excluding carboxylic acids is 2. The van der Waals surface area contributed by atoms with Crippen molar-refractivity contribution in [2.75, 3.05) is 6.61 Å². The Morgan fingerprint density at radius 1 is 1.00 bits per heavy atom. The third-order valence-corrected chi connectivity index (χ3v) is 6.70. The van der Waals surface area contributed by atoms with Crippen LogP contribution in [0.1, 0.15) is 66.7 Å². The molecular weight excluding hydrogens is 348 g/mol. The van der Waals surface area contributed by atoms with Gasteiger partial charge in [-0.2, -0.15) is 0 Å². The average Bonchev–Trinajstić information content (AvgIpc) is 2.87. The van der Waals surface area contributed by atoms with E-state index in [2.05, 4.69) is 0 Å². The van der Waals surface area contributed by atoms with Crippen LogP contribution in [0.15, 0.2) is 0 Å². The number of ether oxygens (including phenoxy) is 4. The maximum atomic E-state index is 13.1. The van der Waals surface area contributed by atoms with Crippen molar-refractivity contribution in [2.45, 2.75) is 84.9 Å². The summed E-state index contributed by atoms with van der Waals surface area (Å²) in [7, 11) is 0. The Morgan fingerprint density at radius 3 is 2.15 bits per heavy atom. The molecule has 5 aliphatic rings. The summed E-state index contributed by atoms with van der Waals surface area (Å²) in [6, 6.07) is 0. The van der Waals surface area contributed by atoms with E-state index in [0.29, 0.717) is 5.92 Å². The molecule has 1 aliphatic heterocycles. The van der Waals surface area contributed by atoms with Crippen molar-refractivity contribution in [3.63, 3.8) is 0 Å². The van der Waals surface area contributed by atoms with Gasteiger partial charge in [-0.1, -0.05) is 0 Å². The van der Waals surface area contributed by atoms with E-state index in [1.165, 1.54) is 0 Å². The summed E-state index contributed by atoms with van der Waals surface area (Å²) in [4.78, 5) is 25.5. The molecule has 0 aromatic rings. The molecule has 27 heavy (non-hydrogen) atoms. The molecule has 0 spiro atoms. The molecule has 0 aromatic heterocycles. The van der Waals surface area contributed by atoms with Crippen molar-refractivity contribution in [1.29, 1.82) is 0 Å². The fraction of sp³-hybridized carbons (Fsp3) is 0.905. The third kappa shape index (κ3) is 3.51. The summed E-state index contributed by atoms with van der Waals surface area (Å²) in [5, 5.41) is 0. The summed E-state index contributed by atoms with van der Waals surface area (Å²) in [6.07, 6.45) is 3.79. The van der Waals surface area contributed by atoms with Crippen LogP contribution in [-0.4, -0.2) is 36.7 Å². The largest absolute Gasteiger partial charge is 0.461 e. The van der Waals surface area contributed by atoms with Crippen LogP contribution in [0.5, 0.6) is 0 Å². The van der Waals surface area contributed by atoms with Gasteiger partial charge >= 0.3 is 11.9 Å². The normalized spacial score (nSPS) is 42.2. The first-order chi connectivity index (χ1) is 12.5. The monoisotopic (exact) mass is 380 g/mol. The Balaban J connectivity index is 1.45. The predicted octanol–water partition coefficient (Wildman–Crippen LogP) is 3.42. The third-order valence-electron chi connectivity index (χ3n) is 6.70. The van der Waals surface area contributed by atoms with Crippen LogP contribution in [0.3, 0.4) is 0 Å². The highest BCUT2D eigenvalue weighted by molar-refractivity contribution is 5.78. The predicted molar refractivity (Wildman–Crippen MR) is 96.3 cm³/mol. The Hall–Kier alpha value is -1.14. The van der Waals surface area contributed by atoms with Gasteiger partial charge in [0.2, 0.25) is 6.29 Å². The second kappa shape index (κ2) is 6.18. The molecule has 1 heterocycles. The Morgan fingerprint density at radius 2 is 1.63 bits per heavy atom. The Bertz CT molecular complexity index is 617. The molecular formula is C21H32O6. The summed E-state index contributed by atoms with van der Waals surface area (Å²) < 4.78 is 22.8. The average molecular weight is 380 g/mol. The van der Waals surface area contributed by atoms with E-state index in [1.807, 2.05) is 34.6 Å². The SMILES string of the molecule is CC1(C)OCC(OC(=O)C23CC4CC(C2)C(OC(=O)C(C)(C)C)C(C4)C3)O1. The van der Waals surface area contributed by atoms with Crippen molar-refractivity contribution in [3.8, 4) is 0 Å². The molecule has 5 rings (SSSR count). The number of hydrogen-bond acceptors (Lipinski definition) is 6. The minimum Gasteiger partial charge on any atom is -0.461 e. The highest BCUT2D eigenvalue weighted by atomic mass is 16.8. The maximum Gasteiger partial charge on any atom is 0.314 e. The van der Waals surface area contributed by atoms with Crippen molar-refractivity contribution >= 4 is 11.9 Å². The smallest absolute Gasteiger partial charge is 0.314 e. The lowest BCUT2D eigenvalue weighted by molar-refractivity contribution is -0.221. The van der Waals surface area contributed by atoms with Crippen molar-refractivity contribution in [3.05, 3.63) is 0 Å². The van der Waals surface area contributed by atoms with Gasteiger partial charge in [0.1, 0.15) is 12.7 Å². The first kappa shape index (κ1) is 19.2. The van der Waals surface area contributed by atoms with Crippen molar-refractivity contribution in [2.24, 2.45) is 28.6 Å². The molecule has 0 N–H and O–H groups in total. The van der Waals surface area contributed by atoms with Gasteiger partial charge in [0, 0.05) is 0 Å². The van der Waals surface area contributed by atoms with Gasteiger partial charge in [-0.05, 0) is 84.5 Å². The summed E-state index contributed by atoms with van der Waals surface area (Å²) in [5.41, 5.74) is -0.949. The lowest BCUT2D eigenvalue weighted by Gasteiger charge is -2.58. The number of hydrogen-bond donors (Lipinski definition) is 0. The van der Waals surface area contributed by atoms with E-state index in [1.54, 1.807) is 0 Å². The second-order valence-corrected chi connectivity index (χ2v) is 10.5. The fourth-order valence-corrected chi connectivity index (χ4v) is 5.68. The highest BCUT2D eigenvalue weighted by Gasteiger charge is 2.61. The van der Waals surface area contributed by atoms with E-state index in [9.17, 15) is 9.59 Å². The van der Waals surface area contributed by atoms with Gasteiger partial charge in [0.15, 0.2) is 5.79 Å². The molecule has 152 valence electrons. The number of carbonyl (C=O) groups is 2. The highest BCUT2D eigenvalue weighted by Crippen LogP contribution is 2.61. The van der Waals surface area contributed by atoms with E-state index in [-0.39, 0.29) is 36.5 Å². The van der Waals surface area contributed by atoms with Gasteiger partial charge < -0.3 is 18.9 Å². The van der Waals surface area contributed by atoms with Crippen LogP contribution < -0.4 is 0 Å². The lowest BCUT2D eigenvalue weighted by atomic mass is 9.48. The van der Waals surface area contributed by atoms with Crippen molar-refractivity contribution < 1.29 is 28.5 Å². The molecule has 4 bridgehead atoms. The topological polar surface area (TPSA) is 71.1 Å². The summed E-state index contributed by atoms with van der Waals surface area (Å²) in [6.45, 7) is 9.57. The molecule has 4 saturated carbocycles. The molecule has 0 amide bonds. The van der Waals surface area contributed by atoms with Gasteiger partial charge in [-0.3, -0.25) is 9.59 Å². The summed E-state index contributed by atoms with van der Waals surface area (Å²) >= 11 is 0. The van der Waals surface area contributed by atoms with E-state index in [0.717, 1.165) is 32.1 Å². The van der Waals surface area contributed by atoms with Crippen LogP contribution in [0, 0.1) is 28.6 Å². The van der Waals surface area contributed by atoms with Crippen molar-refractivity contribution in [1.82, 2.24) is 0 Å². The molecule has 6 nitrogen and oxygen atoms in total. The van der Waals surface area contributed by atoms with Crippen LogP contribution in [0.25, 0.3) is 0 Å². The van der Waals surface area contributed by atoms with Gasteiger partial charge in [0.25, 0.3) is 0 Å². The standard InChI is InChI=1S/C21H32O6/c1-19(2,3)17(22)26-16-13-6-12-7-14(16)10-21(8-12,9-13)18(23)25-15-11-24-20(4,5)27-15/h12-16H,6-11H2,1-5H3. The first-order valence-corrected chi connectivity index (χ1v) is 10.2. The maximum absolute atomic E-state index is 13.1. The molecule has 0 aromatic carbocycles. The van der Waals surface area contributed by atoms with Crippen LogP contribution in [0.4, 0.5) is 0 Å². The Labute approximate surface area is 161 Å². The van der Waals surface area contributed by atoms with Gasteiger partial charge in [-0.25, -0.2) is 0 Å². The van der Waals surface area contributed by atoms with Gasteiger partial charge in [-0.15, -0.1) is 0 Å². The number of esters is 2. The molecule has 1 saturated heterocycles. The van der Waals surface area contributed by atoms with Crippen LogP contribution >= 0.6 is 0 Å². The van der Waals surface area contributed by atoms with E-state index in [4.69, 9.17) is 18.9 Å². The molecule has 3 unspecified atom stereocenters. The summed E-state index contributed by atoms with van der Waals surface area (Å²) in [5.74, 6) is 0.0270. The molecule has 5 fully saturated rings. The minimum atomic E-state index is -0.710. The first-order valence-electron chi connectivity index (χ1n) is 10.2. The number of rotatable bonds is 3. The zero-order chi connectivity index (χ0) is 19.6. The molecule has 3 atom stereocenters. The molecule has 6 heteroatoms. The lowest BCUT2D eigenvalue weighted by Crippen LogP contribution is -2.58. The Kier molecular flexibility index (Phi) is 4.39. The molecule has 4 aliphatic carbocycles. The quantitative estimate of drug-likeness (QED) is 0.699. The fourth-order valence-electron chi connectivity index (χ4n) is 5.68. The van der Waals surface area contributed by atoms with Gasteiger partial charge in [0.05, 0.1) is 10.8 Å². The van der Waals surface area contributed by atoms with E-state index < -0.39 is 22.9 Å². The zero-order valence-corrected chi connectivity index (χ0v) is 17.1. The minimum absolute atomic E-state index is 0.0563.